The average molecular weight is 297 g/mol. The molecule has 0 aliphatic heterocycles. The fourth-order valence-electron chi connectivity index (χ4n) is 3.22. The lowest BCUT2D eigenvalue weighted by Crippen LogP contribution is -2.17. The third-order valence-corrected chi connectivity index (χ3v) is 4.30. The summed E-state index contributed by atoms with van der Waals surface area (Å²) in [6.45, 7) is 0. The molecule has 0 saturated carbocycles. The van der Waals surface area contributed by atoms with Gasteiger partial charge in [-0.15, -0.1) is 0 Å². The van der Waals surface area contributed by atoms with Crippen molar-refractivity contribution in [2.75, 3.05) is 4.90 Å². The highest BCUT2D eigenvalue weighted by Crippen LogP contribution is 2.37. The molecule has 0 unspecified atom stereocenters. The van der Waals surface area contributed by atoms with Gasteiger partial charge >= 0.3 is 0 Å². The Morgan fingerprint density at radius 2 is 1.52 bits per heavy atom. The van der Waals surface area contributed by atoms with E-state index in [1.165, 1.54) is 27.8 Å². The zero-order chi connectivity index (χ0) is 15.5. The highest BCUT2D eigenvalue weighted by Gasteiger charge is 2.16. The second kappa shape index (κ2) is 6.13. The quantitative estimate of drug-likeness (QED) is 0.555. The number of fused-ring (bicyclic) bond motifs is 1. The predicted molar refractivity (Wildman–Crippen MR) is 99.0 cm³/mol. The van der Waals surface area contributed by atoms with Crippen LogP contribution in [0.5, 0.6) is 0 Å². The molecule has 1 heteroatoms. The van der Waals surface area contributed by atoms with Crippen LogP contribution in [0.2, 0.25) is 0 Å². The summed E-state index contributed by atoms with van der Waals surface area (Å²) in [6.07, 6.45) is 8.79. The Hall–Kier alpha value is -2.80. The van der Waals surface area contributed by atoms with Crippen LogP contribution in [0.1, 0.15) is 12.8 Å². The van der Waals surface area contributed by atoms with E-state index in [1.807, 2.05) is 0 Å². The summed E-state index contributed by atoms with van der Waals surface area (Å²) < 4.78 is 0. The molecule has 23 heavy (non-hydrogen) atoms. The SMILES string of the molecule is C1=CCCC(N(c2ccccc2)c2cccc3ccccc23)=C1. The molecule has 0 N–H and O–H groups in total. The molecule has 0 amide bonds. The number of hydrogen-bond donors (Lipinski definition) is 0. The van der Waals surface area contributed by atoms with Gasteiger partial charge in [0.05, 0.1) is 5.69 Å². The van der Waals surface area contributed by atoms with Gasteiger partial charge in [-0.05, 0) is 42.5 Å². The van der Waals surface area contributed by atoms with Gasteiger partial charge in [-0.3, -0.25) is 0 Å². The number of rotatable bonds is 3. The minimum Gasteiger partial charge on any atom is -0.314 e. The van der Waals surface area contributed by atoms with E-state index in [4.69, 9.17) is 0 Å². The minimum absolute atomic E-state index is 1.06. The molecule has 3 aromatic carbocycles. The van der Waals surface area contributed by atoms with Crippen molar-refractivity contribution in [2.24, 2.45) is 0 Å². The van der Waals surface area contributed by atoms with E-state index >= 15 is 0 Å². The Morgan fingerprint density at radius 1 is 0.739 bits per heavy atom. The molecule has 1 aliphatic rings. The van der Waals surface area contributed by atoms with Crippen molar-refractivity contribution in [1.29, 1.82) is 0 Å². The molecule has 0 radical (unpaired) electrons. The smallest absolute Gasteiger partial charge is 0.0536 e. The Bertz CT molecular complexity index is 869. The Labute approximate surface area is 137 Å². The first kappa shape index (κ1) is 13.8. The molecule has 3 aromatic rings. The lowest BCUT2D eigenvalue weighted by Gasteiger charge is -2.30. The molecule has 1 nitrogen and oxygen atoms in total. The molecule has 112 valence electrons. The van der Waals surface area contributed by atoms with Crippen LogP contribution >= 0.6 is 0 Å². The van der Waals surface area contributed by atoms with Crippen molar-refractivity contribution in [3.63, 3.8) is 0 Å². The van der Waals surface area contributed by atoms with E-state index in [9.17, 15) is 0 Å². The van der Waals surface area contributed by atoms with E-state index in [-0.39, 0.29) is 0 Å². The fraction of sp³-hybridized carbons (Fsp3) is 0.0909. The lowest BCUT2D eigenvalue weighted by molar-refractivity contribution is 0.919. The van der Waals surface area contributed by atoms with Gasteiger partial charge in [-0.25, -0.2) is 0 Å². The third kappa shape index (κ3) is 2.66. The third-order valence-electron chi connectivity index (χ3n) is 4.30. The first-order chi connectivity index (χ1) is 11.4. The highest BCUT2D eigenvalue weighted by molar-refractivity contribution is 5.97. The van der Waals surface area contributed by atoms with Crippen LogP contribution in [0.3, 0.4) is 0 Å². The largest absolute Gasteiger partial charge is 0.314 e. The molecule has 0 fully saturated rings. The second-order valence-corrected chi connectivity index (χ2v) is 5.79. The minimum atomic E-state index is 1.06. The van der Waals surface area contributed by atoms with Gasteiger partial charge in [0.25, 0.3) is 0 Å². The molecule has 0 aromatic heterocycles. The van der Waals surface area contributed by atoms with Gasteiger partial charge in [0.2, 0.25) is 0 Å². The van der Waals surface area contributed by atoms with Crippen LogP contribution in [0.15, 0.2) is 96.7 Å². The number of allylic oxidation sites excluding steroid dienone is 4. The first-order valence-electron chi connectivity index (χ1n) is 8.12. The van der Waals surface area contributed by atoms with Crippen molar-refractivity contribution in [3.8, 4) is 0 Å². The Morgan fingerprint density at radius 3 is 2.35 bits per heavy atom. The molecule has 1 aliphatic carbocycles. The van der Waals surface area contributed by atoms with Crippen molar-refractivity contribution in [2.45, 2.75) is 12.8 Å². The molecule has 0 heterocycles. The second-order valence-electron chi connectivity index (χ2n) is 5.79. The summed E-state index contributed by atoms with van der Waals surface area (Å²) in [5.74, 6) is 0. The molecular weight excluding hydrogens is 278 g/mol. The van der Waals surface area contributed by atoms with Gasteiger partial charge in [0, 0.05) is 16.8 Å². The van der Waals surface area contributed by atoms with Gasteiger partial charge in [-0.1, -0.05) is 66.7 Å². The Balaban J connectivity index is 1.94. The molecule has 0 bridgehead atoms. The van der Waals surface area contributed by atoms with Gasteiger partial charge in [-0.2, -0.15) is 0 Å². The number of anilines is 2. The lowest BCUT2D eigenvalue weighted by atomic mass is 10.0. The number of benzene rings is 3. The summed E-state index contributed by atoms with van der Waals surface area (Å²) in [5, 5.41) is 2.56. The normalized spacial score (nSPS) is 13.8. The molecular formula is C22H19N. The van der Waals surface area contributed by atoms with Crippen LogP contribution in [-0.2, 0) is 0 Å². The van der Waals surface area contributed by atoms with E-state index in [2.05, 4.69) is 95.9 Å². The van der Waals surface area contributed by atoms with E-state index in [0.717, 1.165) is 12.8 Å². The summed E-state index contributed by atoms with van der Waals surface area (Å²) in [6, 6.07) is 25.8. The zero-order valence-electron chi connectivity index (χ0n) is 13.0. The van der Waals surface area contributed by atoms with Crippen molar-refractivity contribution >= 4 is 22.1 Å². The van der Waals surface area contributed by atoms with Gasteiger partial charge < -0.3 is 4.90 Å². The van der Waals surface area contributed by atoms with Crippen LogP contribution in [-0.4, -0.2) is 0 Å². The van der Waals surface area contributed by atoms with Gasteiger partial charge in [0.15, 0.2) is 0 Å². The van der Waals surface area contributed by atoms with Crippen LogP contribution in [0.4, 0.5) is 11.4 Å². The van der Waals surface area contributed by atoms with Crippen molar-refractivity contribution in [1.82, 2.24) is 0 Å². The summed E-state index contributed by atoms with van der Waals surface area (Å²) in [5.41, 5.74) is 3.80. The molecule has 4 rings (SSSR count). The summed E-state index contributed by atoms with van der Waals surface area (Å²) in [4.78, 5) is 2.39. The Kier molecular flexibility index (Phi) is 3.69. The average Bonchev–Trinajstić information content (AvgIpc) is 2.64. The van der Waals surface area contributed by atoms with E-state index in [1.54, 1.807) is 0 Å². The molecule has 0 atom stereocenters. The van der Waals surface area contributed by atoms with Gasteiger partial charge in [0.1, 0.15) is 0 Å². The van der Waals surface area contributed by atoms with Crippen LogP contribution < -0.4 is 4.90 Å². The van der Waals surface area contributed by atoms with Crippen molar-refractivity contribution in [3.05, 3.63) is 96.7 Å². The van der Waals surface area contributed by atoms with Crippen LogP contribution in [0, 0.1) is 0 Å². The fourth-order valence-corrected chi connectivity index (χ4v) is 3.22. The summed E-state index contributed by atoms with van der Waals surface area (Å²) in [7, 11) is 0. The maximum atomic E-state index is 2.39. The molecule has 0 saturated heterocycles. The van der Waals surface area contributed by atoms with Crippen molar-refractivity contribution < 1.29 is 0 Å². The number of hydrogen-bond acceptors (Lipinski definition) is 1. The number of nitrogens with zero attached hydrogens (tertiary/aromatic N) is 1. The predicted octanol–water partition coefficient (Wildman–Crippen LogP) is 6.21. The monoisotopic (exact) mass is 297 g/mol. The zero-order valence-corrected chi connectivity index (χ0v) is 13.0. The summed E-state index contributed by atoms with van der Waals surface area (Å²) >= 11 is 0. The standard InChI is InChI=1S/C22H19N/c1-3-12-19(13-4-1)23(20-14-5-2-6-15-20)22-17-9-11-18-10-7-8-16-21(18)22/h1-5,7-14,16-17H,6,15H2. The highest BCUT2D eigenvalue weighted by atomic mass is 15.1. The number of para-hydroxylation sites is 1. The van der Waals surface area contributed by atoms with Crippen LogP contribution in [0.25, 0.3) is 10.8 Å². The van der Waals surface area contributed by atoms with E-state index in [0.29, 0.717) is 0 Å². The topological polar surface area (TPSA) is 3.24 Å². The first-order valence-corrected chi connectivity index (χ1v) is 8.12. The maximum absolute atomic E-state index is 2.39. The molecule has 0 spiro atoms. The maximum Gasteiger partial charge on any atom is 0.0536 e. The van der Waals surface area contributed by atoms with E-state index < -0.39 is 0 Å².